The molecule has 4 N–H and O–H groups in total. The van der Waals surface area contributed by atoms with Crippen molar-refractivity contribution in [2.24, 2.45) is 5.73 Å². The summed E-state index contributed by atoms with van der Waals surface area (Å²) >= 11 is 0. The minimum Gasteiger partial charge on any atom is -0.480 e. The first-order chi connectivity index (χ1) is 6.83. The summed E-state index contributed by atoms with van der Waals surface area (Å²) < 4.78 is 29.0. The zero-order valence-corrected chi connectivity index (χ0v) is 9.24. The predicted molar refractivity (Wildman–Crippen MR) is 55.1 cm³/mol. The van der Waals surface area contributed by atoms with E-state index in [2.05, 4.69) is 0 Å². The van der Waals surface area contributed by atoms with Gasteiger partial charge in [0.15, 0.2) is 0 Å². The first kappa shape index (κ1) is 14.3. The second-order valence-corrected chi connectivity index (χ2v) is 5.01. The molecule has 0 aliphatic heterocycles. The normalized spacial score (nSPS) is 13.7. The fraction of sp³-hybridized carbons (Fsp3) is 0.875. The van der Waals surface area contributed by atoms with Gasteiger partial charge in [-0.05, 0) is 12.8 Å². The van der Waals surface area contributed by atoms with Gasteiger partial charge in [0.1, 0.15) is 6.04 Å². The Hall–Kier alpha value is -0.660. The van der Waals surface area contributed by atoms with Crippen molar-refractivity contribution in [3.63, 3.8) is 0 Å². The number of carboxylic acids is 1. The first-order valence-corrected chi connectivity index (χ1v) is 6.37. The lowest BCUT2D eigenvalue weighted by atomic mass is 10.1. The molecular formula is C8H17NO5S. The third kappa shape index (κ3) is 9.64. The highest BCUT2D eigenvalue weighted by Crippen LogP contribution is 2.05. The second-order valence-electron chi connectivity index (χ2n) is 3.43. The molecule has 0 aromatic carbocycles. The van der Waals surface area contributed by atoms with Crippen LogP contribution in [-0.2, 0) is 14.9 Å². The highest BCUT2D eigenvalue weighted by molar-refractivity contribution is 7.85. The van der Waals surface area contributed by atoms with Crippen molar-refractivity contribution in [3.05, 3.63) is 0 Å². The van der Waals surface area contributed by atoms with Crippen LogP contribution in [0.1, 0.15) is 32.1 Å². The van der Waals surface area contributed by atoms with Crippen molar-refractivity contribution in [2.75, 3.05) is 5.75 Å². The fourth-order valence-corrected chi connectivity index (χ4v) is 1.69. The van der Waals surface area contributed by atoms with E-state index >= 15 is 0 Å². The van der Waals surface area contributed by atoms with Crippen LogP contribution < -0.4 is 5.73 Å². The van der Waals surface area contributed by atoms with Gasteiger partial charge in [0.25, 0.3) is 10.1 Å². The van der Waals surface area contributed by atoms with Crippen LogP contribution in [0.5, 0.6) is 0 Å². The van der Waals surface area contributed by atoms with Crippen LogP contribution >= 0.6 is 0 Å². The number of aliphatic carboxylic acids is 1. The zero-order chi connectivity index (χ0) is 11.9. The summed E-state index contributed by atoms with van der Waals surface area (Å²) in [6, 6.07) is -0.841. The molecule has 6 nitrogen and oxygen atoms in total. The summed E-state index contributed by atoms with van der Waals surface area (Å²) in [5.74, 6) is -1.26. The van der Waals surface area contributed by atoms with E-state index in [9.17, 15) is 13.2 Å². The molecule has 0 amide bonds. The molecule has 0 saturated carbocycles. The molecule has 0 spiro atoms. The van der Waals surface area contributed by atoms with Gasteiger partial charge in [-0.3, -0.25) is 9.35 Å². The van der Waals surface area contributed by atoms with Crippen molar-refractivity contribution in [1.29, 1.82) is 0 Å². The molecule has 0 saturated heterocycles. The van der Waals surface area contributed by atoms with Crippen LogP contribution in [0.2, 0.25) is 0 Å². The van der Waals surface area contributed by atoms with Crippen LogP contribution in [0.4, 0.5) is 0 Å². The average molecular weight is 239 g/mol. The summed E-state index contributed by atoms with van der Waals surface area (Å²) in [4.78, 5) is 10.3. The Kier molecular flexibility index (Phi) is 6.46. The smallest absolute Gasteiger partial charge is 0.320 e. The summed E-state index contributed by atoms with van der Waals surface area (Å²) in [5.41, 5.74) is 5.27. The summed E-state index contributed by atoms with van der Waals surface area (Å²) in [6.45, 7) is 0. The minimum absolute atomic E-state index is 0.238. The van der Waals surface area contributed by atoms with Gasteiger partial charge in [-0.15, -0.1) is 0 Å². The molecule has 0 radical (unpaired) electrons. The Morgan fingerprint density at radius 3 is 2.20 bits per heavy atom. The Labute approximate surface area is 89.2 Å². The Bertz CT molecular complexity index is 287. The Morgan fingerprint density at radius 2 is 1.73 bits per heavy atom. The van der Waals surface area contributed by atoms with Gasteiger partial charge in [-0.25, -0.2) is 0 Å². The van der Waals surface area contributed by atoms with Gasteiger partial charge < -0.3 is 10.8 Å². The third-order valence-electron chi connectivity index (χ3n) is 1.98. The average Bonchev–Trinajstić information content (AvgIpc) is 2.08. The largest absolute Gasteiger partial charge is 0.480 e. The van der Waals surface area contributed by atoms with Gasteiger partial charge in [0.2, 0.25) is 0 Å². The van der Waals surface area contributed by atoms with Crippen LogP contribution in [0.3, 0.4) is 0 Å². The van der Waals surface area contributed by atoms with Crippen molar-refractivity contribution < 1.29 is 22.9 Å². The van der Waals surface area contributed by atoms with E-state index in [-0.39, 0.29) is 5.75 Å². The number of nitrogens with two attached hydrogens (primary N) is 1. The van der Waals surface area contributed by atoms with E-state index in [1.165, 1.54) is 0 Å². The number of carboxylic acid groups (broad SMARTS) is 1. The molecule has 0 bridgehead atoms. The van der Waals surface area contributed by atoms with Gasteiger partial charge in [0.05, 0.1) is 5.75 Å². The maximum Gasteiger partial charge on any atom is 0.320 e. The molecule has 0 aliphatic carbocycles. The quantitative estimate of drug-likeness (QED) is 0.412. The SMILES string of the molecule is NC(CCCCCCS(=O)(=O)O)C(=O)O. The molecule has 0 aromatic heterocycles. The van der Waals surface area contributed by atoms with Crippen LogP contribution in [0.15, 0.2) is 0 Å². The van der Waals surface area contributed by atoms with Crippen LogP contribution in [0, 0.1) is 0 Å². The molecule has 0 aliphatic rings. The first-order valence-electron chi connectivity index (χ1n) is 4.76. The van der Waals surface area contributed by atoms with Crippen molar-refractivity contribution in [1.82, 2.24) is 0 Å². The highest BCUT2D eigenvalue weighted by Gasteiger charge is 2.10. The van der Waals surface area contributed by atoms with Crippen LogP contribution in [-0.4, -0.2) is 35.8 Å². The molecule has 7 heteroatoms. The topological polar surface area (TPSA) is 118 Å². The number of hydrogen-bond donors (Lipinski definition) is 3. The molecule has 0 fully saturated rings. The van der Waals surface area contributed by atoms with Crippen molar-refractivity contribution in [3.8, 4) is 0 Å². The Balaban J connectivity index is 3.37. The molecule has 0 aromatic rings. The maximum absolute atomic E-state index is 10.3. The molecule has 0 rings (SSSR count). The zero-order valence-electron chi connectivity index (χ0n) is 8.42. The van der Waals surface area contributed by atoms with E-state index in [1.54, 1.807) is 0 Å². The third-order valence-corrected chi connectivity index (χ3v) is 2.79. The predicted octanol–water partition coefficient (Wildman–Crippen LogP) is 0.237. The molecule has 90 valence electrons. The summed E-state index contributed by atoms with van der Waals surface area (Å²) in [7, 11) is -3.86. The number of hydrogen-bond acceptors (Lipinski definition) is 4. The van der Waals surface area contributed by atoms with Gasteiger partial charge in [0, 0.05) is 0 Å². The minimum atomic E-state index is -3.86. The van der Waals surface area contributed by atoms with Crippen molar-refractivity contribution >= 4 is 16.1 Å². The molecule has 0 heterocycles. The molecule has 15 heavy (non-hydrogen) atoms. The second kappa shape index (κ2) is 6.76. The number of unbranched alkanes of at least 4 members (excludes halogenated alkanes) is 3. The lowest BCUT2D eigenvalue weighted by Crippen LogP contribution is -2.29. The fourth-order valence-electron chi connectivity index (χ4n) is 1.13. The van der Waals surface area contributed by atoms with Crippen LogP contribution in [0.25, 0.3) is 0 Å². The maximum atomic E-state index is 10.3. The van der Waals surface area contributed by atoms with Gasteiger partial charge in [-0.1, -0.05) is 19.3 Å². The number of rotatable bonds is 8. The van der Waals surface area contributed by atoms with Gasteiger partial charge in [-0.2, -0.15) is 8.42 Å². The van der Waals surface area contributed by atoms with E-state index in [1.807, 2.05) is 0 Å². The lowest BCUT2D eigenvalue weighted by molar-refractivity contribution is -0.138. The molecule has 1 atom stereocenters. The van der Waals surface area contributed by atoms with E-state index in [0.29, 0.717) is 25.7 Å². The van der Waals surface area contributed by atoms with Gasteiger partial charge >= 0.3 is 5.97 Å². The molecule has 1 unspecified atom stereocenters. The van der Waals surface area contributed by atoms with E-state index < -0.39 is 22.1 Å². The number of carbonyl (C=O) groups is 1. The Morgan fingerprint density at radius 1 is 1.20 bits per heavy atom. The summed E-state index contributed by atoms with van der Waals surface area (Å²) in [5, 5.41) is 8.45. The van der Waals surface area contributed by atoms with E-state index in [4.69, 9.17) is 15.4 Å². The monoisotopic (exact) mass is 239 g/mol. The summed E-state index contributed by atoms with van der Waals surface area (Å²) in [6.07, 6.45) is 2.80. The molecular weight excluding hydrogens is 222 g/mol. The van der Waals surface area contributed by atoms with E-state index in [0.717, 1.165) is 6.42 Å². The van der Waals surface area contributed by atoms with Crippen molar-refractivity contribution in [2.45, 2.75) is 38.1 Å². The highest BCUT2D eigenvalue weighted by atomic mass is 32.2. The standard InChI is InChI=1S/C8H17NO5S/c9-7(8(10)11)5-3-1-2-4-6-15(12,13)14/h7H,1-6,9H2,(H,10,11)(H,12,13,14). The lowest BCUT2D eigenvalue weighted by Gasteiger charge is -2.05.